The normalized spacial score (nSPS) is 9.84. The van der Waals surface area contributed by atoms with Gasteiger partial charge in [-0.2, -0.15) is 9.97 Å². The molecule has 100 valence electrons. The maximum Gasteiger partial charge on any atom is 0.231 e. The van der Waals surface area contributed by atoms with Crippen molar-refractivity contribution in [2.45, 2.75) is 0 Å². The van der Waals surface area contributed by atoms with Crippen LogP contribution in [-0.2, 0) is 0 Å². The van der Waals surface area contributed by atoms with Crippen molar-refractivity contribution in [2.75, 3.05) is 23.3 Å². The Hall–Kier alpha value is -2.58. The van der Waals surface area contributed by atoms with E-state index in [1.165, 1.54) is 0 Å². The summed E-state index contributed by atoms with van der Waals surface area (Å²) >= 11 is 0. The number of rotatable bonds is 5. The molecule has 1 heterocycles. The van der Waals surface area contributed by atoms with Crippen molar-refractivity contribution in [1.29, 1.82) is 0 Å². The lowest BCUT2D eigenvalue weighted by molar-refractivity contribution is 0.415. The number of nitrogen functional groups attached to an aromatic ring is 2. The summed E-state index contributed by atoms with van der Waals surface area (Å²) in [5.41, 5.74) is 5.70. The van der Waals surface area contributed by atoms with Crippen LogP contribution in [0.3, 0.4) is 0 Å². The van der Waals surface area contributed by atoms with Gasteiger partial charge in [-0.1, -0.05) is 0 Å². The van der Waals surface area contributed by atoms with Crippen LogP contribution >= 0.6 is 0 Å². The highest BCUT2D eigenvalue weighted by Crippen LogP contribution is 2.19. The average molecular weight is 261 g/mol. The molecular weight excluding hydrogens is 246 g/mol. The second-order valence-corrected chi connectivity index (χ2v) is 3.60. The lowest BCUT2D eigenvalue weighted by Crippen LogP contribution is -2.14. The lowest BCUT2D eigenvalue weighted by atomic mass is 10.3. The predicted octanol–water partition coefficient (Wildman–Crippen LogP) is 0.800. The third-order valence-electron chi connectivity index (χ3n) is 2.37. The fraction of sp³-hybridized carbons (Fsp3) is 0.0909. The van der Waals surface area contributed by atoms with E-state index >= 15 is 0 Å². The van der Waals surface area contributed by atoms with Gasteiger partial charge in [-0.3, -0.25) is 0 Å². The van der Waals surface area contributed by atoms with Crippen LogP contribution in [0.1, 0.15) is 0 Å². The molecule has 0 bridgehead atoms. The maximum absolute atomic E-state index is 5.32. The Morgan fingerprint density at radius 3 is 2.05 bits per heavy atom. The smallest absolute Gasteiger partial charge is 0.231 e. The molecule has 2 rings (SSSR count). The van der Waals surface area contributed by atoms with E-state index in [4.69, 9.17) is 16.4 Å². The minimum Gasteiger partial charge on any atom is -0.497 e. The molecule has 0 spiro atoms. The van der Waals surface area contributed by atoms with E-state index in [0.717, 1.165) is 11.4 Å². The van der Waals surface area contributed by atoms with Gasteiger partial charge in [0, 0.05) is 11.8 Å². The van der Waals surface area contributed by atoms with Crippen molar-refractivity contribution in [3.63, 3.8) is 0 Å². The van der Waals surface area contributed by atoms with Crippen LogP contribution in [0.2, 0.25) is 0 Å². The molecular formula is C11H15N7O. The Kier molecular flexibility index (Phi) is 3.96. The van der Waals surface area contributed by atoms with Gasteiger partial charge in [0.05, 0.1) is 7.11 Å². The summed E-state index contributed by atoms with van der Waals surface area (Å²) in [7, 11) is 1.61. The summed E-state index contributed by atoms with van der Waals surface area (Å²) in [4.78, 5) is 8.31. The zero-order valence-corrected chi connectivity index (χ0v) is 10.3. The first-order valence-electron chi connectivity index (χ1n) is 5.48. The van der Waals surface area contributed by atoms with Crippen LogP contribution in [0.25, 0.3) is 0 Å². The summed E-state index contributed by atoms with van der Waals surface area (Å²) in [5, 5.41) is 3.04. The van der Waals surface area contributed by atoms with Crippen LogP contribution in [-0.4, -0.2) is 17.1 Å². The number of nitrogens with one attached hydrogen (secondary N) is 3. The number of benzene rings is 1. The molecule has 0 fully saturated rings. The number of ether oxygens (including phenoxy) is 1. The first-order chi connectivity index (χ1) is 9.25. The van der Waals surface area contributed by atoms with Crippen molar-refractivity contribution in [2.24, 2.45) is 11.7 Å². The van der Waals surface area contributed by atoms with Gasteiger partial charge in [-0.15, -0.1) is 0 Å². The Labute approximate surface area is 110 Å². The van der Waals surface area contributed by atoms with E-state index in [1.54, 1.807) is 13.2 Å². The van der Waals surface area contributed by atoms with Gasteiger partial charge in [-0.25, -0.2) is 11.7 Å². The van der Waals surface area contributed by atoms with Crippen LogP contribution in [0.4, 0.5) is 23.3 Å². The quantitative estimate of drug-likeness (QED) is 0.395. The maximum atomic E-state index is 5.32. The Bertz CT molecular complexity index is 521. The highest BCUT2D eigenvalue weighted by Gasteiger charge is 2.03. The molecule has 0 unspecified atom stereocenters. The van der Waals surface area contributed by atoms with Gasteiger partial charge >= 0.3 is 0 Å². The first-order valence-corrected chi connectivity index (χ1v) is 5.48. The highest BCUT2D eigenvalue weighted by molar-refractivity contribution is 5.59. The number of methoxy groups -OCH3 is 1. The minimum absolute atomic E-state index is 0.369. The van der Waals surface area contributed by atoms with Crippen LogP contribution in [0.15, 0.2) is 30.3 Å². The fourth-order valence-electron chi connectivity index (χ4n) is 1.45. The van der Waals surface area contributed by atoms with E-state index in [-0.39, 0.29) is 0 Å². The molecule has 0 saturated carbocycles. The SMILES string of the molecule is COc1ccc(Nc2nc(NN)cc(NN)n2)cc1. The zero-order chi connectivity index (χ0) is 13.7. The van der Waals surface area contributed by atoms with E-state index in [1.807, 2.05) is 24.3 Å². The molecule has 1 aromatic heterocycles. The molecule has 0 aliphatic rings. The average Bonchev–Trinajstić information content (AvgIpc) is 2.47. The molecule has 0 saturated heterocycles. The van der Waals surface area contributed by atoms with Crippen LogP contribution in [0, 0.1) is 0 Å². The third kappa shape index (κ3) is 3.21. The van der Waals surface area contributed by atoms with Crippen molar-refractivity contribution in [3.05, 3.63) is 30.3 Å². The number of nitrogens with zero attached hydrogens (tertiary/aromatic N) is 2. The molecule has 0 radical (unpaired) electrons. The standard InChI is InChI=1S/C11H15N7O/c1-19-8-4-2-7(3-5-8)14-11-15-9(17-12)6-10(16-11)18-13/h2-6H,12-13H2,1H3,(H3,14,15,16,17,18). The first kappa shape index (κ1) is 12.9. The van der Waals surface area contributed by atoms with Gasteiger partial charge in [0.15, 0.2) is 0 Å². The number of anilines is 4. The number of hydrogen-bond acceptors (Lipinski definition) is 8. The number of hydrogen-bond donors (Lipinski definition) is 5. The molecule has 8 heteroatoms. The largest absolute Gasteiger partial charge is 0.497 e. The zero-order valence-electron chi connectivity index (χ0n) is 10.3. The number of aromatic nitrogens is 2. The Morgan fingerprint density at radius 2 is 1.58 bits per heavy atom. The van der Waals surface area contributed by atoms with E-state index < -0.39 is 0 Å². The molecule has 19 heavy (non-hydrogen) atoms. The molecule has 0 aliphatic carbocycles. The van der Waals surface area contributed by atoms with E-state index in [2.05, 4.69) is 26.1 Å². The van der Waals surface area contributed by atoms with Crippen molar-refractivity contribution < 1.29 is 4.74 Å². The van der Waals surface area contributed by atoms with Crippen LogP contribution < -0.4 is 32.6 Å². The minimum atomic E-state index is 0.369. The van der Waals surface area contributed by atoms with Gasteiger partial charge in [0.2, 0.25) is 5.95 Å². The Morgan fingerprint density at radius 1 is 1.00 bits per heavy atom. The number of nitrogens with two attached hydrogens (primary N) is 2. The molecule has 1 aromatic carbocycles. The topological polar surface area (TPSA) is 123 Å². The van der Waals surface area contributed by atoms with Crippen molar-refractivity contribution >= 4 is 23.3 Å². The molecule has 0 atom stereocenters. The molecule has 8 nitrogen and oxygen atoms in total. The second kappa shape index (κ2) is 5.85. The second-order valence-electron chi connectivity index (χ2n) is 3.60. The van der Waals surface area contributed by atoms with Crippen molar-refractivity contribution in [1.82, 2.24) is 9.97 Å². The van der Waals surface area contributed by atoms with Gasteiger partial charge < -0.3 is 20.9 Å². The number of hydrazine groups is 2. The monoisotopic (exact) mass is 261 g/mol. The van der Waals surface area contributed by atoms with Gasteiger partial charge in [0.25, 0.3) is 0 Å². The highest BCUT2D eigenvalue weighted by atomic mass is 16.5. The van der Waals surface area contributed by atoms with E-state index in [9.17, 15) is 0 Å². The summed E-state index contributed by atoms with van der Waals surface area (Å²) in [6.07, 6.45) is 0. The molecule has 0 aliphatic heterocycles. The molecule has 2 aromatic rings. The third-order valence-corrected chi connectivity index (χ3v) is 2.37. The van der Waals surface area contributed by atoms with Crippen molar-refractivity contribution in [3.8, 4) is 5.75 Å². The Balaban J connectivity index is 2.21. The summed E-state index contributed by atoms with van der Waals surface area (Å²) in [6.45, 7) is 0. The summed E-state index contributed by atoms with van der Waals surface area (Å²) in [5.74, 6) is 12.7. The fourth-order valence-corrected chi connectivity index (χ4v) is 1.45. The summed E-state index contributed by atoms with van der Waals surface area (Å²) < 4.78 is 5.08. The molecule has 7 N–H and O–H groups in total. The van der Waals surface area contributed by atoms with Gasteiger partial charge in [0.1, 0.15) is 17.4 Å². The predicted molar refractivity (Wildman–Crippen MR) is 73.9 cm³/mol. The van der Waals surface area contributed by atoms with E-state index in [0.29, 0.717) is 17.6 Å². The van der Waals surface area contributed by atoms with Crippen LogP contribution in [0.5, 0.6) is 5.75 Å². The summed E-state index contributed by atoms with van der Waals surface area (Å²) in [6, 6.07) is 8.94. The lowest BCUT2D eigenvalue weighted by Gasteiger charge is -2.09. The molecule has 0 amide bonds. The van der Waals surface area contributed by atoms with Gasteiger partial charge in [-0.05, 0) is 24.3 Å².